The molecular weight excluding hydrogens is 1110 g/mol. The smallest absolute Gasteiger partial charge is 0.407 e. The summed E-state index contributed by atoms with van der Waals surface area (Å²) >= 11 is 0. The molecule has 4 amide bonds. The summed E-state index contributed by atoms with van der Waals surface area (Å²) in [4.78, 5) is 66.9. The second-order valence-electron chi connectivity index (χ2n) is 22.0. The highest BCUT2D eigenvalue weighted by Crippen LogP contribution is 2.42. The summed E-state index contributed by atoms with van der Waals surface area (Å²) in [7, 11) is 1.65. The number of nitrogens with one attached hydrogen (secondary N) is 4. The first-order chi connectivity index (χ1) is 39.1. The number of aromatic nitrogens is 1. The van der Waals surface area contributed by atoms with E-state index in [1.165, 1.54) is 24.4 Å². The van der Waals surface area contributed by atoms with Crippen molar-refractivity contribution >= 4 is 41.7 Å². The Morgan fingerprint density at radius 3 is 1.88 bits per heavy atom. The molecule has 7 atom stereocenters. The number of anilines is 1. The molecule has 452 valence electrons. The minimum Gasteiger partial charge on any atom is -0.453 e. The molecular formula is C56H68F8N10O9. The molecule has 0 saturated carbocycles. The van der Waals surface area contributed by atoms with Crippen molar-refractivity contribution in [1.29, 1.82) is 0 Å². The monoisotopic (exact) mass is 1180 g/mol. The molecule has 1 aromatic heterocycles. The zero-order valence-corrected chi connectivity index (χ0v) is 46.5. The van der Waals surface area contributed by atoms with Gasteiger partial charge in [0.25, 0.3) is 5.91 Å². The Hall–Kier alpha value is -7.12. The number of nitrogens with two attached hydrogens (primary N) is 1. The number of halogens is 8. The predicted molar refractivity (Wildman–Crippen MR) is 287 cm³/mol. The molecule has 2 unspecified atom stereocenters. The molecule has 0 spiro atoms. The molecule has 2 bridgehead atoms. The van der Waals surface area contributed by atoms with E-state index in [-0.39, 0.29) is 17.3 Å². The minimum absolute atomic E-state index is 0.134. The summed E-state index contributed by atoms with van der Waals surface area (Å²) < 4.78 is 140. The van der Waals surface area contributed by atoms with Crippen LogP contribution in [0.4, 0.5) is 50.5 Å². The lowest BCUT2D eigenvalue weighted by molar-refractivity contribution is -0.221. The number of carbonyl (C=O) groups is 4. The fourth-order valence-electron chi connectivity index (χ4n) is 10.1. The number of amides is 4. The van der Waals surface area contributed by atoms with Gasteiger partial charge in [-0.2, -0.15) is 26.3 Å². The van der Waals surface area contributed by atoms with Gasteiger partial charge < -0.3 is 50.6 Å². The lowest BCUT2D eigenvalue weighted by Crippen LogP contribution is -2.63. The van der Waals surface area contributed by atoms with Gasteiger partial charge in [0.15, 0.2) is 0 Å². The number of ether oxygens (including phenoxy) is 4. The van der Waals surface area contributed by atoms with Crippen LogP contribution in [0.1, 0.15) is 74.8 Å². The van der Waals surface area contributed by atoms with Gasteiger partial charge in [-0.1, -0.05) is 24.0 Å². The molecule has 0 radical (unpaired) electrons. The van der Waals surface area contributed by atoms with Crippen LogP contribution in [0.3, 0.4) is 0 Å². The van der Waals surface area contributed by atoms with Crippen molar-refractivity contribution in [1.82, 2.24) is 36.3 Å². The molecule has 2 aromatic carbocycles. The number of alkyl carbamates (subject to hydrolysis) is 2. The number of nitrogens with zero attached hydrogens (tertiary/aromatic N) is 5. The van der Waals surface area contributed by atoms with Crippen molar-refractivity contribution in [2.75, 3.05) is 65.2 Å². The molecule has 4 aliphatic heterocycles. The van der Waals surface area contributed by atoms with Gasteiger partial charge in [-0.15, -0.1) is 0 Å². The maximum Gasteiger partial charge on any atom is 0.407 e. The van der Waals surface area contributed by atoms with Gasteiger partial charge in [-0.25, -0.2) is 28.4 Å². The number of aliphatic hydroxyl groups excluding tert-OH is 1. The van der Waals surface area contributed by atoms with Crippen molar-refractivity contribution in [2.24, 2.45) is 21.6 Å². The second-order valence-corrected chi connectivity index (χ2v) is 22.0. The number of aliphatic hydroxyl groups is 1. The van der Waals surface area contributed by atoms with Crippen molar-refractivity contribution in [3.05, 3.63) is 100 Å². The van der Waals surface area contributed by atoms with E-state index in [0.29, 0.717) is 87.2 Å². The molecule has 27 heteroatoms. The van der Waals surface area contributed by atoms with Gasteiger partial charge in [0.2, 0.25) is 5.91 Å². The number of piperazine rings is 1. The van der Waals surface area contributed by atoms with Crippen LogP contribution >= 0.6 is 0 Å². The average Bonchev–Trinajstić information content (AvgIpc) is 3.44. The van der Waals surface area contributed by atoms with Gasteiger partial charge in [0, 0.05) is 85.2 Å². The lowest BCUT2D eigenvalue weighted by Gasteiger charge is -2.47. The van der Waals surface area contributed by atoms with Crippen LogP contribution in [0.15, 0.2) is 65.8 Å². The summed E-state index contributed by atoms with van der Waals surface area (Å²) in [6.07, 6.45) is -8.65. The number of pyridine rings is 1. The lowest BCUT2D eigenvalue weighted by atomic mass is 9.82. The number of hydrogen-bond acceptors (Lipinski definition) is 15. The van der Waals surface area contributed by atoms with E-state index in [1.54, 1.807) is 18.3 Å². The quantitative estimate of drug-likeness (QED) is 0.0354. The van der Waals surface area contributed by atoms with Crippen molar-refractivity contribution in [3.63, 3.8) is 0 Å². The summed E-state index contributed by atoms with van der Waals surface area (Å²) in [6.45, 7) is 4.34. The highest BCUT2D eigenvalue weighted by Gasteiger charge is 2.57. The van der Waals surface area contributed by atoms with Crippen molar-refractivity contribution in [2.45, 2.75) is 121 Å². The first kappa shape index (κ1) is 63.5. The van der Waals surface area contributed by atoms with Crippen LogP contribution < -0.4 is 32.0 Å². The van der Waals surface area contributed by atoms with E-state index >= 15 is 8.78 Å². The summed E-state index contributed by atoms with van der Waals surface area (Å²) in [5, 5.41) is 18.8. The Labute approximate surface area is 474 Å². The predicted octanol–water partition coefficient (Wildman–Crippen LogP) is 5.52. The van der Waals surface area contributed by atoms with Gasteiger partial charge in [-0.05, 0) is 101 Å². The third-order valence-corrected chi connectivity index (χ3v) is 15.5. The molecule has 7 rings (SSSR count). The number of fused-ring (bicyclic) bond motifs is 2. The van der Waals surface area contributed by atoms with Crippen LogP contribution in [-0.4, -0.2) is 171 Å². The van der Waals surface area contributed by atoms with Crippen LogP contribution in [0, 0.1) is 34.3 Å². The molecule has 4 fully saturated rings. The zero-order chi connectivity index (χ0) is 60.6. The number of carbonyl (C=O) groups excluding carboxylic acids is 4. The molecule has 7 N–H and O–H groups in total. The van der Waals surface area contributed by atoms with E-state index in [0.717, 1.165) is 71.3 Å². The number of allylic oxidation sites excluding steroid dienone is 1. The van der Waals surface area contributed by atoms with E-state index in [4.69, 9.17) is 15.2 Å². The standard InChI is InChI=1S/C56H68F8N10O9/c1-53(2,55(59,60)61)47(69-51(78)80-5)49(76)68-44(21-33-10-7-32(8-11-33)9-12-34-13-16-46(67-24-34)72-25-37-14-15-38(26-72)74(37)39-30-83-31-39)45(75)28-73(71-50(77)48(70-52(79)81-6)54(3,4)56(62,63)64)27-40-41(57)22-35(23-42(40)58)43(65)17-19-66-36-18-20-82-29-36/h7-8,10-11,13,16-17,19,22-24,36-39,44-45,47-48,75H,14-15,18,20-21,25-31,65H2,1-6H3,(H,68,76)(H,69,78)(H,70,79)(H,71,77)/t36-,37?,38?,44-,45-,47+,48+/m0/s1. The number of rotatable bonds is 20. The molecule has 4 aliphatic rings. The molecule has 3 aromatic rings. The number of aliphatic imine (C=N–C) groups is 1. The van der Waals surface area contributed by atoms with Gasteiger partial charge in [0.05, 0.1) is 69.1 Å². The van der Waals surface area contributed by atoms with Crippen molar-refractivity contribution < 1.29 is 78.4 Å². The first-order valence-corrected chi connectivity index (χ1v) is 26.7. The number of methoxy groups -OCH3 is 2. The van der Waals surface area contributed by atoms with E-state index in [1.807, 2.05) is 22.8 Å². The first-order valence-electron chi connectivity index (χ1n) is 26.7. The molecule has 83 heavy (non-hydrogen) atoms. The fraction of sp³-hybridized carbons (Fsp3) is 0.536. The molecule has 19 nitrogen and oxygen atoms in total. The van der Waals surface area contributed by atoms with Crippen LogP contribution in [-0.2, 0) is 41.5 Å². The Bertz CT molecular complexity index is 2870. The summed E-state index contributed by atoms with van der Waals surface area (Å²) in [5.41, 5.74) is 2.39. The zero-order valence-electron chi connectivity index (χ0n) is 46.5. The fourth-order valence-corrected chi connectivity index (χ4v) is 10.1. The Morgan fingerprint density at radius 1 is 0.807 bits per heavy atom. The van der Waals surface area contributed by atoms with Gasteiger partial charge in [-0.3, -0.25) is 24.9 Å². The van der Waals surface area contributed by atoms with E-state index in [9.17, 15) is 50.6 Å². The second kappa shape index (κ2) is 26.6. The number of benzene rings is 2. The van der Waals surface area contributed by atoms with Crippen LogP contribution in [0.2, 0.25) is 0 Å². The maximum atomic E-state index is 16.2. The largest absolute Gasteiger partial charge is 0.453 e. The van der Waals surface area contributed by atoms with E-state index in [2.05, 4.69) is 51.8 Å². The average molecular weight is 1180 g/mol. The minimum atomic E-state index is -5.20. The van der Waals surface area contributed by atoms with Gasteiger partial charge >= 0.3 is 24.5 Å². The Morgan fingerprint density at radius 2 is 1.37 bits per heavy atom. The SMILES string of the molecule is COC(=O)N[C@H](C(=O)N[C@@H](Cc1ccc(C#Cc2ccc(N3CC4CCC(C3)N4C3COC3)nc2)cc1)[C@@H](O)CN(Cc1c(F)cc(C(N)=CC=N[C@H]2CCOC2)cc1F)NC(=O)[C@@H](NC(=O)OC)C(C)(C)C(F)(F)F)C(C)(C)C(F)(F)F. The Kier molecular flexibility index (Phi) is 20.4. The van der Waals surface area contributed by atoms with Gasteiger partial charge in [0.1, 0.15) is 29.5 Å². The number of hydrogen-bond donors (Lipinski definition) is 6. The van der Waals surface area contributed by atoms with Crippen molar-refractivity contribution in [3.8, 4) is 11.8 Å². The number of hydrazine groups is 1. The van der Waals surface area contributed by atoms with E-state index < -0.39 is 108 Å². The maximum absolute atomic E-state index is 16.2. The highest BCUT2D eigenvalue weighted by atomic mass is 19.4. The topological polar surface area (TPSA) is 235 Å². The molecule has 5 heterocycles. The summed E-state index contributed by atoms with van der Waals surface area (Å²) in [5.74, 6) is 1.19. The normalized spacial score (nSPS) is 20.4. The summed E-state index contributed by atoms with van der Waals surface area (Å²) in [6, 6.07) is 6.06. The molecule has 4 saturated heterocycles. The highest BCUT2D eigenvalue weighted by molar-refractivity contribution is 5.87. The third kappa shape index (κ3) is 15.6. The van der Waals surface area contributed by atoms with Crippen LogP contribution in [0.5, 0.6) is 0 Å². The third-order valence-electron chi connectivity index (χ3n) is 15.5. The number of alkyl halides is 6. The Balaban J connectivity index is 1.17. The molecule has 0 aliphatic carbocycles. The van der Waals surface area contributed by atoms with Crippen LogP contribution in [0.25, 0.3) is 5.70 Å².